The molecule has 12 rings (SSSR count). The molecule has 0 saturated carbocycles. The highest BCUT2D eigenvalue weighted by atomic mass is 32.1. The van der Waals surface area contributed by atoms with Crippen molar-refractivity contribution < 1.29 is 0 Å². The van der Waals surface area contributed by atoms with Gasteiger partial charge in [0.1, 0.15) is 0 Å². The maximum Gasteiger partial charge on any atom is 0.164 e. The van der Waals surface area contributed by atoms with Gasteiger partial charge in [-0.2, -0.15) is 0 Å². The predicted octanol–water partition coefficient (Wildman–Crippen LogP) is 13.7. The van der Waals surface area contributed by atoms with Crippen LogP contribution in [0.25, 0.3) is 115 Å². The van der Waals surface area contributed by atoms with Gasteiger partial charge in [0.15, 0.2) is 17.5 Å². The van der Waals surface area contributed by atoms with E-state index in [0.717, 1.165) is 55.6 Å². The van der Waals surface area contributed by atoms with E-state index in [1.165, 1.54) is 41.7 Å². The average molecular weight is 758 g/mol. The van der Waals surface area contributed by atoms with Crippen molar-refractivity contribution in [2.45, 2.75) is 0 Å². The van der Waals surface area contributed by atoms with E-state index < -0.39 is 0 Å². The summed E-state index contributed by atoms with van der Waals surface area (Å²) in [5.41, 5.74) is 9.13. The third-order valence-corrected chi connectivity index (χ3v) is 12.4. The molecular formula is C52H31N5S. The number of pyridine rings is 1. The lowest BCUT2D eigenvalue weighted by Crippen LogP contribution is -2.01. The third-order valence-electron chi connectivity index (χ3n) is 11.2. The Morgan fingerprint density at radius 2 is 0.948 bits per heavy atom. The normalized spacial score (nSPS) is 11.8. The summed E-state index contributed by atoms with van der Waals surface area (Å²) in [7, 11) is 0. The van der Waals surface area contributed by atoms with Gasteiger partial charge in [-0.15, -0.1) is 11.3 Å². The van der Waals surface area contributed by atoms with Crippen molar-refractivity contribution in [3.8, 4) is 51.1 Å². The molecule has 0 unspecified atom stereocenters. The first kappa shape index (κ1) is 32.7. The predicted molar refractivity (Wildman–Crippen MR) is 242 cm³/mol. The van der Waals surface area contributed by atoms with Gasteiger partial charge < -0.3 is 4.57 Å². The number of fused-ring (bicyclic) bond motifs is 9. The van der Waals surface area contributed by atoms with Crippen molar-refractivity contribution in [2.75, 3.05) is 0 Å². The number of hydrogen-bond acceptors (Lipinski definition) is 5. The largest absolute Gasteiger partial charge is 0.309 e. The Labute approximate surface area is 337 Å². The molecule has 0 bridgehead atoms. The molecule has 0 N–H and O–H groups in total. The Balaban J connectivity index is 1.02. The Morgan fingerprint density at radius 1 is 0.379 bits per heavy atom. The highest BCUT2D eigenvalue weighted by Crippen LogP contribution is 2.43. The summed E-state index contributed by atoms with van der Waals surface area (Å²) in [6.45, 7) is 0. The van der Waals surface area contributed by atoms with Crippen molar-refractivity contribution in [2.24, 2.45) is 0 Å². The zero-order valence-electron chi connectivity index (χ0n) is 31.0. The van der Waals surface area contributed by atoms with Crippen LogP contribution in [0.5, 0.6) is 0 Å². The van der Waals surface area contributed by atoms with Crippen LogP contribution in [-0.2, 0) is 0 Å². The molecule has 0 aliphatic heterocycles. The van der Waals surface area contributed by atoms with Gasteiger partial charge in [0, 0.05) is 59.6 Å². The monoisotopic (exact) mass is 757 g/mol. The molecule has 5 nitrogen and oxygen atoms in total. The first-order valence-corrected chi connectivity index (χ1v) is 20.2. The van der Waals surface area contributed by atoms with Crippen molar-refractivity contribution >= 4 is 75.0 Å². The standard InChI is InChI=1S/C52H31N5S/c1-2-13-35-30-37(29-24-32(35)12-1)52-55-50(54-51(56-52)36-14-11-15-38(31-36)57-44-21-8-4-16-39(44)40-17-5-9-22-45(40)57)34-27-25-33(26-28-34)48-49-47(41-18-3-7-20-43(41)53-48)42-19-6-10-23-46(42)58-49/h1-31H. The van der Waals surface area contributed by atoms with Gasteiger partial charge in [-0.3, -0.25) is 0 Å². The summed E-state index contributed by atoms with van der Waals surface area (Å²) < 4.78 is 4.78. The van der Waals surface area contributed by atoms with Crippen LogP contribution in [0.15, 0.2) is 188 Å². The van der Waals surface area contributed by atoms with E-state index in [4.69, 9.17) is 19.9 Å². The SMILES string of the molecule is c1cc(-c2nc(-c3ccc(-c4nc5ccccc5c5c4sc4ccccc45)cc3)nc(-c3ccc4ccccc4c3)n2)cc(-n2c3ccccc3c3ccccc32)c1. The summed E-state index contributed by atoms with van der Waals surface area (Å²) in [5, 5.41) is 8.45. The quantitative estimate of drug-likeness (QED) is 0.175. The average Bonchev–Trinajstić information content (AvgIpc) is 3.85. The van der Waals surface area contributed by atoms with Crippen LogP contribution in [0, 0.1) is 0 Å². The molecule has 58 heavy (non-hydrogen) atoms. The fourth-order valence-electron chi connectivity index (χ4n) is 8.48. The van der Waals surface area contributed by atoms with Crippen LogP contribution in [-0.4, -0.2) is 24.5 Å². The molecule has 0 radical (unpaired) electrons. The van der Waals surface area contributed by atoms with E-state index in [-0.39, 0.29) is 0 Å². The Morgan fingerprint density at radius 3 is 1.71 bits per heavy atom. The first-order chi connectivity index (χ1) is 28.7. The molecule has 0 spiro atoms. The fraction of sp³-hybridized carbons (Fsp3) is 0. The van der Waals surface area contributed by atoms with Crippen LogP contribution < -0.4 is 0 Å². The van der Waals surface area contributed by atoms with E-state index in [0.29, 0.717) is 17.5 Å². The molecular weight excluding hydrogens is 727 g/mol. The van der Waals surface area contributed by atoms with E-state index in [1.54, 1.807) is 11.3 Å². The minimum atomic E-state index is 0.612. The van der Waals surface area contributed by atoms with Gasteiger partial charge in [-0.05, 0) is 53.2 Å². The van der Waals surface area contributed by atoms with Crippen molar-refractivity contribution in [3.05, 3.63) is 188 Å². The topological polar surface area (TPSA) is 56.5 Å². The fourth-order valence-corrected chi connectivity index (χ4v) is 9.71. The molecule has 6 heteroatoms. The van der Waals surface area contributed by atoms with Crippen LogP contribution in [0.3, 0.4) is 0 Å². The maximum atomic E-state index is 5.24. The van der Waals surface area contributed by atoms with Crippen molar-refractivity contribution in [3.63, 3.8) is 0 Å². The molecule has 0 saturated heterocycles. The summed E-state index contributed by atoms with van der Waals surface area (Å²) in [4.78, 5) is 20.7. The smallest absolute Gasteiger partial charge is 0.164 e. The molecule has 0 aliphatic rings. The van der Waals surface area contributed by atoms with Gasteiger partial charge >= 0.3 is 0 Å². The third kappa shape index (κ3) is 5.23. The highest BCUT2D eigenvalue weighted by molar-refractivity contribution is 7.26. The lowest BCUT2D eigenvalue weighted by Gasteiger charge is -2.12. The van der Waals surface area contributed by atoms with E-state index in [2.05, 4.69) is 193 Å². The summed E-state index contributed by atoms with van der Waals surface area (Å²) in [5.74, 6) is 1.85. The van der Waals surface area contributed by atoms with Gasteiger partial charge in [0.25, 0.3) is 0 Å². The Bertz CT molecular complexity index is 3530. The number of aromatic nitrogens is 5. The molecule has 12 aromatic rings. The second kappa shape index (κ2) is 13.0. The molecule has 0 fully saturated rings. The molecule has 4 aromatic heterocycles. The molecule has 270 valence electrons. The van der Waals surface area contributed by atoms with Crippen LogP contribution in [0.2, 0.25) is 0 Å². The Hall–Kier alpha value is -7.54. The van der Waals surface area contributed by atoms with Crippen LogP contribution >= 0.6 is 11.3 Å². The number of thiophene rings is 1. The number of hydrogen-bond donors (Lipinski definition) is 0. The van der Waals surface area contributed by atoms with Crippen molar-refractivity contribution in [1.29, 1.82) is 0 Å². The van der Waals surface area contributed by atoms with Gasteiger partial charge in [-0.1, -0.05) is 146 Å². The minimum Gasteiger partial charge on any atom is -0.309 e. The number of rotatable bonds is 5. The minimum absolute atomic E-state index is 0.612. The lowest BCUT2D eigenvalue weighted by atomic mass is 10.0. The van der Waals surface area contributed by atoms with Gasteiger partial charge in [0.05, 0.1) is 26.9 Å². The first-order valence-electron chi connectivity index (χ1n) is 19.4. The van der Waals surface area contributed by atoms with Crippen molar-refractivity contribution in [1.82, 2.24) is 24.5 Å². The number of benzene rings is 8. The summed E-state index contributed by atoms with van der Waals surface area (Å²) in [6.07, 6.45) is 0. The maximum absolute atomic E-state index is 5.24. The second-order valence-electron chi connectivity index (χ2n) is 14.6. The number of para-hydroxylation sites is 3. The highest BCUT2D eigenvalue weighted by Gasteiger charge is 2.18. The van der Waals surface area contributed by atoms with Crippen LogP contribution in [0.4, 0.5) is 0 Å². The molecule has 4 heterocycles. The van der Waals surface area contributed by atoms with Gasteiger partial charge in [0.2, 0.25) is 0 Å². The van der Waals surface area contributed by atoms with E-state index in [1.807, 2.05) is 0 Å². The molecule has 8 aromatic carbocycles. The zero-order valence-corrected chi connectivity index (χ0v) is 31.9. The van der Waals surface area contributed by atoms with Crippen LogP contribution in [0.1, 0.15) is 0 Å². The summed E-state index contributed by atoms with van der Waals surface area (Å²) in [6, 6.07) is 66.1. The number of nitrogens with zero attached hydrogens (tertiary/aromatic N) is 5. The molecule has 0 amide bonds. The second-order valence-corrected chi connectivity index (χ2v) is 15.7. The lowest BCUT2D eigenvalue weighted by molar-refractivity contribution is 1.07. The Kier molecular flexibility index (Phi) is 7.33. The van der Waals surface area contributed by atoms with E-state index in [9.17, 15) is 0 Å². The van der Waals surface area contributed by atoms with E-state index >= 15 is 0 Å². The van der Waals surface area contributed by atoms with Gasteiger partial charge in [-0.25, -0.2) is 19.9 Å². The molecule has 0 aliphatic carbocycles. The zero-order chi connectivity index (χ0) is 38.2. The summed E-state index contributed by atoms with van der Waals surface area (Å²) >= 11 is 1.80. The molecule has 0 atom stereocenters.